The van der Waals surface area contributed by atoms with Gasteiger partial charge in [0.25, 0.3) is 0 Å². The molecule has 9 nitrogen and oxygen atoms in total. The summed E-state index contributed by atoms with van der Waals surface area (Å²) in [5.41, 5.74) is 1.58. The lowest BCUT2D eigenvalue weighted by Gasteiger charge is -2.36. The average Bonchev–Trinajstić information content (AvgIpc) is 3.58. The number of aryl methyl sites for hydroxylation is 1. The first-order valence-corrected chi connectivity index (χ1v) is 11.6. The molecule has 1 saturated heterocycles. The third-order valence-corrected chi connectivity index (χ3v) is 6.17. The maximum atomic E-state index is 13.1. The molecule has 2 aromatic carbocycles. The van der Waals surface area contributed by atoms with E-state index in [4.69, 9.17) is 9.05 Å². The average molecular weight is 477 g/mol. The molecule has 1 aliphatic heterocycles. The molecule has 180 valence electrons. The number of carbonyl (C=O) groups excluding carboxylic acids is 1. The Hall–Kier alpha value is -3.92. The van der Waals surface area contributed by atoms with Crippen molar-refractivity contribution in [1.29, 1.82) is 0 Å². The second kappa shape index (κ2) is 10.1. The molecule has 1 aliphatic rings. The van der Waals surface area contributed by atoms with E-state index in [1.54, 1.807) is 12.1 Å². The van der Waals surface area contributed by atoms with Crippen LogP contribution in [0.3, 0.4) is 0 Å². The first-order valence-electron chi connectivity index (χ1n) is 11.6. The molecule has 0 aliphatic carbocycles. The summed E-state index contributed by atoms with van der Waals surface area (Å²) >= 11 is 0. The highest BCUT2D eigenvalue weighted by Crippen LogP contribution is 2.24. The second-order valence-corrected chi connectivity index (χ2v) is 8.43. The molecule has 3 heterocycles. The summed E-state index contributed by atoms with van der Waals surface area (Å²) in [5, 5.41) is 8.04. The number of hydrogen-bond donors (Lipinski definition) is 0. The lowest BCUT2D eigenvalue weighted by Crippen LogP contribution is -2.49. The molecule has 0 saturated carbocycles. The zero-order valence-electron chi connectivity index (χ0n) is 19.3. The Bertz CT molecular complexity index is 1270. The molecule has 4 aromatic rings. The fraction of sp³-hybridized carbons (Fsp3) is 0.320. The number of nitrogens with zero attached hydrogens (tertiary/aromatic N) is 6. The molecule has 35 heavy (non-hydrogen) atoms. The van der Waals surface area contributed by atoms with Gasteiger partial charge in [-0.15, -0.1) is 0 Å². The van der Waals surface area contributed by atoms with Crippen LogP contribution in [0.15, 0.2) is 63.6 Å². The van der Waals surface area contributed by atoms with Gasteiger partial charge in [-0.25, -0.2) is 4.39 Å². The summed E-state index contributed by atoms with van der Waals surface area (Å²) in [5.74, 6) is 1.62. The van der Waals surface area contributed by atoms with E-state index in [1.165, 1.54) is 12.1 Å². The number of piperazine rings is 1. The number of halogens is 1. The van der Waals surface area contributed by atoms with Crippen LogP contribution in [0.1, 0.15) is 31.2 Å². The zero-order chi connectivity index (χ0) is 24.2. The van der Waals surface area contributed by atoms with Gasteiger partial charge in [0.2, 0.25) is 29.3 Å². The fourth-order valence-corrected chi connectivity index (χ4v) is 4.07. The minimum atomic E-state index is -0.327. The Balaban J connectivity index is 1.11. The largest absolute Gasteiger partial charge is 0.340 e. The minimum Gasteiger partial charge on any atom is -0.340 e. The van der Waals surface area contributed by atoms with Crippen LogP contribution in [0.4, 0.5) is 4.39 Å². The Kier molecular flexibility index (Phi) is 6.62. The lowest BCUT2D eigenvalue weighted by molar-refractivity contribution is -0.133. The van der Waals surface area contributed by atoms with Gasteiger partial charge in [-0.1, -0.05) is 40.6 Å². The minimum absolute atomic E-state index is 0.0412. The molecular formula is C25H25FN6O3. The summed E-state index contributed by atoms with van der Waals surface area (Å²) in [7, 11) is 0. The van der Waals surface area contributed by atoms with Gasteiger partial charge >= 0.3 is 0 Å². The standard InChI is InChI=1S/C25H25FN6O3/c1-17(25-28-24(30-35-25)18-5-3-2-4-6-18)31-13-15-32(16-14-31)22(33)12-11-21-27-23(29-34-21)19-7-9-20(26)10-8-19/h2-10,17H,11-16H2,1H3. The molecule has 0 N–H and O–H groups in total. The van der Waals surface area contributed by atoms with E-state index < -0.39 is 0 Å². The number of carbonyl (C=O) groups is 1. The maximum absolute atomic E-state index is 13.1. The predicted octanol–water partition coefficient (Wildman–Crippen LogP) is 3.76. The van der Waals surface area contributed by atoms with Crippen molar-refractivity contribution in [3.8, 4) is 22.8 Å². The summed E-state index contributed by atoms with van der Waals surface area (Å²) in [6.45, 7) is 4.70. The lowest BCUT2D eigenvalue weighted by atomic mass is 10.2. The number of amides is 1. The molecule has 1 atom stereocenters. The Labute approximate surface area is 201 Å². The predicted molar refractivity (Wildman–Crippen MR) is 124 cm³/mol. The van der Waals surface area contributed by atoms with Crippen LogP contribution in [0.2, 0.25) is 0 Å². The van der Waals surface area contributed by atoms with Crippen LogP contribution in [-0.4, -0.2) is 62.2 Å². The summed E-state index contributed by atoms with van der Waals surface area (Å²) in [6, 6.07) is 15.5. The first kappa shape index (κ1) is 22.9. The van der Waals surface area contributed by atoms with Crippen molar-refractivity contribution in [1.82, 2.24) is 30.1 Å². The van der Waals surface area contributed by atoms with E-state index >= 15 is 0 Å². The Morgan fingerprint density at radius 1 is 0.914 bits per heavy atom. The molecule has 1 amide bonds. The molecule has 0 radical (unpaired) electrons. The van der Waals surface area contributed by atoms with Crippen LogP contribution in [0, 0.1) is 5.82 Å². The van der Waals surface area contributed by atoms with Crippen LogP contribution >= 0.6 is 0 Å². The number of hydrogen-bond acceptors (Lipinski definition) is 8. The van der Waals surface area contributed by atoms with Crippen LogP contribution in [0.5, 0.6) is 0 Å². The molecule has 1 unspecified atom stereocenters. The molecule has 1 fully saturated rings. The summed E-state index contributed by atoms with van der Waals surface area (Å²) < 4.78 is 23.9. The molecule has 5 rings (SSSR count). The fourth-order valence-electron chi connectivity index (χ4n) is 4.07. The highest BCUT2D eigenvalue weighted by atomic mass is 19.1. The van der Waals surface area contributed by atoms with E-state index in [2.05, 4.69) is 25.2 Å². The topological polar surface area (TPSA) is 101 Å². The molecular weight excluding hydrogens is 451 g/mol. The van der Waals surface area contributed by atoms with E-state index in [0.29, 0.717) is 61.6 Å². The van der Waals surface area contributed by atoms with Crippen molar-refractivity contribution in [3.63, 3.8) is 0 Å². The second-order valence-electron chi connectivity index (χ2n) is 8.43. The summed E-state index contributed by atoms with van der Waals surface area (Å²) in [6.07, 6.45) is 0.637. The third-order valence-electron chi connectivity index (χ3n) is 6.17. The normalized spacial score (nSPS) is 15.3. The Morgan fingerprint density at radius 3 is 2.31 bits per heavy atom. The molecule has 2 aromatic heterocycles. The molecule has 0 bridgehead atoms. The van der Waals surface area contributed by atoms with Crippen molar-refractivity contribution in [2.24, 2.45) is 0 Å². The van der Waals surface area contributed by atoms with Gasteiger partial charge < -0.3 is 13.9 Å². The smallest absolute Gasteiger partial charge is 0.244 e. The van der Waals surface area contributed by atoms with Crippen molar-refractivity contribution >= 4 is 5.91 Å². The van der Waals surface area contributed by atoms with Gasteiger partial charge in [-0.3, -0.25) is 9.69 Å². The van der Waals surface area contributed by atoms with Crippen molar-refractivity contribution in [2.75, 3.05) is 26.2 Å². The van der Waals surface area contributed by atoms with Crippen molar-refractivity contribution < 1.29 is 18.2 Å². The first-order chi connectivity index (χ1) is 17.1. The highest BCUT2D eigenvalue weighted by molar-refractivity contribution is 5.76. The van der Waals surface area contributed by atoms with Gasteiger partial charge in [0.05, 0.1) is 6.04 Å². The van der Waals surface area contributed by atoms with E-state index in [-0.39, 0.29) is 24.2 Å². The van der Waals surface area contributed by atoms with Crippen LogP contribution in [0.25, 0.3) is 22.8 Å². The van der Waals surface area contributed by atoms with Gasteiger partial charge in [-0.05, 0) is 31.2 Å². The van der Waals surface area contributed by atoms with Gasteiger partial charge in [-0.2, -0.15) is 9.97 Å². The van der Waals surface area contributed by atoms with E-state index in [0.717, 1.165) is 5.56 Å². The Morgan fingerprint density at radius 2 is 1.57 bits per heavy atom. The van der Waals surface area contributed by atoms with Gasteiger partial charge in [0.1, 0.15) is 5.82 Å². The quantitative estimate of drug-likeness (QED) is 0.397. The highest BCUT2D eigenvalue weighted by Gasteiger charge is 2.28. The molecule has 10 heteroatoms. The van der Waals surface area contributed by atoms with Crippen LogP contribution < -0.4 is 0 Å². The third kappa shape index (κ3) is 5.27. The monoisotopic (exact) mass is 476 g/mol. The van der Waals surface area contributed by atoms with E-state index in [9.17, 15) is 9.18 Å². The maximum Gasteiger partial charge on any atom is 0.244 e. The van der Waals surface area contributed by atoms with Gasteiger partial charge in [0, 0.05) is 50.1 Å². The van der Waals surface area contributed by atoms with Gasteiger partial charge in [0.15, 0.2) is 0 Å². The SMILES string of the molecule is CC(c1nc(-c2ccccc2)no1)N1CCN(C(=O)CCc2nc(-c3ccc(F)cc3)no2)CC1. The zero-order valence-corrected chi connectivity index (χ0v) is 19.3. The number of benzene rings is 2. The molecule has 0 spiro atoms. The van der Waals surface area contributed by atoms with Crippen molar-refractivity contribution in [3.05, 3.63) is 72.2 Å². The van der Waals surface area contributed by atoms with E-state index in [1.807, 2.05) is 42.2 Å². The van der Waals surface area contributed by atoms with Crippen molar-refractivity contribution in [2.45, 2.75) is 25.8 Å². The van der Waals surface area contributed by atoms with Crippen LogP contribution in [-0.2, 0) is 11.2 Å². The number of aromatic nitrogens is 4. The number of rotatable bonds is 7. The summed E-state index contributed by atoms with van der Waals surface area (Å²) in [4.78, 5) is 25.7.